The molecule has 0 bridgehead atoms. The monoisotopic (exact) mass is 311 g/mol. The minimum Gasteiger partial charge on any atom is -0.358 e. The summed E-state index contributed by atoms with van der Waals surface area (Å²) in [6.07, 6.45) is 8.47. The number of nitrogens with one attached hydrogen (secondary N) is 2. The molecule has 22 heavy (non-hydrogen) atoms. The third-order valence-electron chi connectivity index (χ3n) is 3.57. The molecule has 0 fully saturated rings. The first-order chi connectivity index (χ1) is 10.7. The minimum absolute atomic E-state index is 0.0117. The molecular weight excluding hydrogens is 294 g/mol. The van der Waals surface area contributed by atoms with Crippen molar-refractivity contribution in [1.29, 1.82) is 0 Å². The highest BCUT2D eigenvalue weighted by molar-refractivity contribution is 8.01. The lowest BCUT2D eigenvalue weighted by atomic mass is 9.99. The molecule has 1 aromatic heterocycles. The molecule has 1 unspecified atom stereocenters. The highest BCUT2D eigenvalue weighted by atomic mass is 32.2. The van der Waals surface area contributed by atoms with E-state index in [0.29, 0.717) is 6.42 Å². The van der Waals surface area contributed by atoms with E-state index in [0.717, 1.165) is 16.3 Å². The molecule has 0 spiro atoms. The van der Waals surface area contributed by atoms with E-state index in [4.69, 9.17) is 0 Å². The predicted octanol–water partition coefficient (Wildman–Crippen LogP) is 3.17. The van der Waals surface area contributed by atoms with Gasteiger partial charge in [-0.25, -0.2) is 0 Å². The van der Waals surface area contributed by atoms with Gasteiger partial charge in [-0.15, -0.1) is 0 Å². The molecule has 0 saturated carbocycles. The molecule has 5 heteroatoms. The molecule has 1 amide bonds. The summed E-state index contributed by atoms with van der Waals surface area (Å²) >= 11 is 1.47. The lowest BCUT2D eigenvalue weighted by molar-refractivity contribution is -0.121. The standard InChI is InChI=1S/C17H17N3OS/c1-18-16(21)17(10-6-3-7-11-17)22-15-12-14(19-20-15)13-8-4-2-5-9-13/h2-10,12H,11H2,1H3,(H,18,21)(H,19,20). The summed E-state index contributed by atoms with van der Waals surface area (Å²) in [5.41, 5.74) is 2.03. The van der Waals surface area contributed by atoms with E-state index in [2.05, 4.69) is 15.5 Å². The predicted molar refractivity (Wildman–Crippen MR) is 89.6 cm³/mol. The maximum atomic E-state index is 12.3. The summed E-state index contributed by atoms with van der Waals surface area (Å²) in [7, 11) is 1.66. The highest BCUT2D eigenvalue weighted by Gasteiger charge is 2.37. The molecule has 2 aromatic rings. The lowest BCUT2D eigenvalue weighted by Crippen LogP contribution is -2.41. The third kappa shape index (κ3) is 2.85. The Kier molecular flexibility index (Phi) is 4.15. The number of aromatic amines is 1. The van der Waals surface area contributed by atoms with Crippen LogP contribution in [0.3, 0.4) is 0 Å². The fourth-order valence-electron chi connectivity index (χ4n) is 2.41. The summed E-state index contributed by atoms with van der Waals surface area (Å²) in [6.45, 7) is 0. The lowest BCUT2D eigenvalue weighted by Gasteiger charge is -2.27. The van der Waals surface area contributed by atoms with E-state index in [9.17, 15) is 4.79 Å². The van der Waals surface area contributed by atoms with Gasteiger partial charge in [-0.1, -0.05) is 66.4 Å². The van der Waals surface area contributed by atoms with Crippen LogP contribution in [0.4, 0.5) is 0 Å². The average molecular weight is 311 g/mol. The second-order valence-electron chi connectivity index (χ2n) is 5.05. The van der Waals surface area contributed by atoms with Gasteiger partial charge >= 0.3 is 0 Å². The molecule has 0 radical (unpaired) electrons. The van der Waals surface area contributed by atoms with Crippen LogP contribution in [-0.4, -0.2) is 27.9 Å². The first-order valence-electron chi connectivity index (χ1n) is 7.10. The van der Waals surface area contributed by atoms with Crippen molar-refractivity contribution in [3.8, 4) is 11.3 Å². The van der Waals surface area contributed by atoms with Gasteiger partial charge in [-0.3, -0.25) is 9.89 Å². The van der Waals surface area contributed by atoms with Gasteiger partial charge in [0.05, 0.1) is 5.69 Å². The van der Waals surface area contributed by atoms with Crippen LogP contribution in [0.5, 0.6) is 0 Å². The van der Waals surface area contributed by atoms with Gasteiger partial charge in [0.1, 0.15) is 9.77 Å². The Labute approximate surface area is 133 Å². The normalized spacial score (nSPS) is 20.0. The Morgan fingerprint density at radius 3 is 2.82 bits per heavy atom. The van der Waals surface area contributed by atoms with E-state index in [1.807, 2.05) is 60.7 Å². The minimum atomic E-state index is -0.632. The molecule has 1 atom stereocenters. The van der Waals surface area contributed by atoms with Crippen LogP contribution in [0.25, 0.3) is 11.3 Å². The van der Waals surface area contributed by atoms with Crippen LogP contribution < -0.4 is 5.32 Å². The molecule has 2 N–H and O–H groups in total. The summed E-state index contributed by atoms with van der Waals surface area (Å²) in [6, 6.07) is 12.0. The van der Waals surface area contributed by atoms with E-state index in [-0.39, 0.29) is 5.91 Å². The van der Waals surface area contributed by atoms with Crippen molar-refractivity contribution in [3.63, 3.8) is 0 Å². The number of rotatable bonds is 4. The number of allylic oxidation sites excluding steroid dienone is 3. The summed E-state index contributed by atoms with van der Waals surface area (Å²) in [5, 5.41) is 10.9. The quantitative estimate of drug-likeness (QED) is 0.912. The maximum absolute atomic E-state index is 12.3. The zero-order valence-electron chi connectivity index (χ0n) is 12.2. The van der Waals surface area contributed by atoms with Crippen LogP contribution >= 0.6 is 11.8 Å². The number of carbonyl (C=O) groups excluding carboxylic acids is 1. The van der Waals surface area contributed by atoms with E-state index in [1.165, 1.54) is 11.8 Å². The van der Waals surface area contributed by atoms with Crippen molar-refractivity contribution in [3.05, 3.63) is 60.7 Å². The Hall–Kier alpha value is -2.27. The average Bonchev–Trinajstić information content (AvgIpc) is 3.04. The fraction of sp³-hybridized carbons (Fsp3) is 0.176. The van der Waals surface area contributed by atoms with Crippen molar-refractivity contribution in [2.24, 2.45) is 0 Å². The number of thioether (sulfide) groups is 1. The Balaban J connectivity index is 1.86. The second kappa shape index (κ2) is 6.23. The van der Waals surface area contributed by atoms with Crippen molar-refractivity contribution in [2.75, 3.05) is 7.05 Å². The number of carbonyl (C=O) groups is 1. The van der Waals surface area contributed by atoms with E-state index < -0.39 is 4.75 Å². The van der Waals surface area contributed by atoms with Gasteiger partial charge < -0.3 is 5.32 Å². The molecule has 1 heterocycles. The van der Waals surface area contributed by atoms with Crippen LogP contribution in [0.15, 0.2) is 65.7 Å². The van der Waals surface area contributed by atoms with Gasteiger partial charge in [0.15, 0.2) is 0 Å². The maximum Gasteiger partial charge on any atom is 0.240 e. The highest BCUT2D eigenvalue weighted by Crippen LogP contribution is 2.39. The smallest absolute Gasteiger partial charge is 0.240 e. The zero-order valence-corrected chi connectivity index (χ0v) is 13.1. The number of nitrogens with zero attached hydrogens (tertiary/aromatic N) is 1. The van der Waals surface area contributed by atoms with E-state index in [1.54, 1.807) is 7.05 Å². The number of hydrogen-bond donors (Lipinski definition) is 2. The number of H-pyrrole nitrogens is 1. The number of aromatic nitrogens is 2. The van der Waals surface area contributed by atoms with Gasteiger partial charge in [-0.05, 0) is 18.1 Å². The van der Waals surface area contributed by atoms with Gasteiger partial charge in [-0.2, -0.15) is 5.10 Å². The summed E-state index contributed by atoms with van der Waals surface area (Å²) < 4.78 is -0.632. The van der Waals surface area contributed by atoms with Crippen molar-refractivity contribution >= 4 is 17.7 Å². The molecule has 3 rings (SSSR count). The first kappa shape index (κ1) is 14.7. The van der Waals surface area contributed by atoms with Crippen molar-refractivity contribution in [2.45, 2.75) is 16.2 Å². The van der Waals surface area contributed by atoms with Crippen molar-refractivity contribution in [1.82, 2.24) is 15.5 Å². The van der Waals surface area contributed by atoms with Gasteiger partial charge in [0.25, 0.3) is 0 Å². The molecular formula is C17H17N3OS. The SMILES string of the molecule is CNC(=O)C1(Sc2cc(-c3ccccc3)[nH]n2)C=CC=CC1. The topological polar surface area (TPSA) is 57.8 Å². The number of hydrogen-bond acceptors (Lipinski definition) is 3. The van der Waals surface area contributed by atoms with E-state index >= 15 is 0 Å². The molecule has 0 saturated heterocycles. The molecule has 0 aliphatic heterocycles. The molecule has 1 aliphatic rings. The Morgan fingerprint density at radius 2 is 2.14 bits per heavy atom. The Morgan fingerprint density at radius 1 is 1.32 bits per heavy atom. The molecule has 1 aliphatic carbocycles. The van der Waals surface area contributed by atoms with Gasteiger partial charge in [0.2, 0.25) is 5.91 Å². The summed E-state index contributed by atoms with van der Waals surface area (Å²) in [5.74, 6) is -0.0117. The largest absolute Gasteiger partial charge is 0.358 e. The molecule has 112 valence electrons. The molecule has 1 aromatic carbocycles. The number of benzene rings is 1. The van der Waals surface area contributed by atoms with Crippen LogP contribution in [0.2, 0.25) is 0 Å². The van der Waals surface area contributed by atoms with Crippen LogP contribution in [-0.2, 0) is 4.79 Å². The van der Waals surface area contributed by atoms with Gasteiger partial charge in [0, 0.05) is 7.05 Å². The van der Waals surface area contributed by atoms with Crippen LogP contribution in [0, 0.1) is 0 Å². The third-order valence-corrected chi connectivity index (χ3v) is 4.84. The fourth-order valence-corrected chi connectivity index (χ4v) is 3.57. The number of amides is 1. The van der Waals surface area contributed by atoms with Crippen LogP contribution in [0.1, 0.15) is 6.42 Å². The second-order valence-corrected chi connectivity index (χ2v) is 6.40. The molecule has 4 nitrogen and oxygen atoms in total. The Bertz CT molecular complexity index is 721. The summed E-state index contributed by atoms with van der Waals surface area (Å²) in [4.78, 5) is 12.3. The van der Waals surface area contributed by atoms with Crippen molar-refractivity contribution < 1.29 is 4.79 Å². The zero-order chi connectivity index (χ0) is 15.4. The first-order valence-corrected chi connectivity index (χ1v) is 7.91.